The van der Waals surface area contributed by atoms with Crippen molar-refractivity contribution in [2.24, 2.45) is 0 Å². The van der Waals surface area contributed by atoms with Crippen LogP contribution in [0.25, 0.3) is 0 Å². The maximum absolute atomic E-state index is 11.9. The van der Waals surface area contributed by atoms with Crippen molar-refractivity contribution >= 4 is 11.7 Å². The quantitative estimate of drug-likeness (QED) is 0.765. The van der Waals surface area contributed by atoms with Crippen LogP contribution in [0.5, 0.6) is 0 Å². The second-order valence-corrected chi connectivity index (χ2v) is 6.05. The molecule has 0 aliphatic carbocycles. The molecule has 0 unspecified atom stereocenters. The number of carbonyl (C=O) groups excluding carboxylic acids is 1. The van der Waals surface area contributed by atoms with E-state index >= 15 is 0 Å². The summed E-state index contributed by atoms with van der Waals surface area (Å²) in [4.78, 5) is 14.1. The predicted molar refractivity (Wildman–Crippen MR) is 77.5 cm³/mol. The van der Waals surface area contributed by atoms with Gasteiger partial charge in [-0.15, -0.1) is 0 Å². The molecule has 3 heteroatoms. The number of carbonyl (C=O) groups is 1. The van der Waals surface area contributed by atoms with E-state index in [4.69, 9.17) is 4.74 Å². The Hall–Kier alpha value is -1.51. The average Bonchev–Trinajstić information content (AvgIpc) is 2.36. The van der Waals surface area contributed by atoms with Crippen LogP contribution in [0.4, 0.5) is 5.69 Å². The molecule has 104 valence electrons. The van der Waals surface area contributed by atoms with Gasteiger partial charge in [0.1, 0.15) is 6.04 Å². The number of anilines is 1. The van der Waals surface area contributed by atoms with Gasteiger partial charge in [-0.1, -0.05) is 25.1 Å². The zero-order valence-corrected chi connectivity index (χ0v) is 12.4. The molecule has 0 spiro atoms. The van der Waals surface area contributed by atoms with E-state index in [0.717, 1.165) is 12.1 Å². The summed E-state index contributed by atoms with van der Waals surface area (Å²) < 4.78 is 4.92. The number of para-hydroxylation sites is 1. The first-order chi connectivity index (χ1) is 8.88. The van der Waals surface area contributed by atoms with Crippen LogP contribution in [-0.2, 0) is 9.53 Å². The zero-order chi connectivity index (χ0) is 14.2. The standard InChI is InChI=1S/C16H23NO2/c1-11-10-16(3,4)17(12(2)15(18)19-5)14-9-7-6-8-13(11)14/h6-9,11-12H,10H2,1-5H3/t11-,12-/m1/s1. The lowest BCUT2D eigenvalue weighted by molar-refractivity contribution is -0.142. The maximum atomic E-state index is 11.9. The number of rotatable bonds is 2. The summed E-state index contributed by atoms with van der Waals surface area (Å²) in [5.41, 5.74) is 2.42. The molecule has 0 saturated carbocycles. The van der Waals surface area contributed by atoms with Gasteiger partial charge in [0.05, 0.1) is 7.11 Å². The molecule has 1 aromatic carbocycles. The molecule has 0 aromatic heterocycles. The lowest BCUT2D eigenvalue weighted by Gasteiger charge is -2.49. The molecular formula is C16H23NO2. The van der Waals surface area contributed by atoms with Crippen LogP contribution in [0.3, 0.4) is 0 Å². The van der Waals surface area contributed by atoms with E-state index in [-0.39, 0.29) is 17.6 Å². The molecule has 1 heterocycles. The number of ether oxygens (including phenoxy) is 1. The van der Waals surface area contributed by atoms with Gasteiger partial charge in [0.2, 0.25) is 0 Å². The van der Waals surface area contributed by atoms with Crippen LogP contribution >= 0.6 is 0 Å². The first kappa shape index (κ1) is 13.9. The van der Waals surface area contributed by atoms with Gasteiger partial charge in [0.25, 0.3) is 0 Å². The van der Waals surface area contributed by atoms with E-state index in [2.05, 4.69) is 43.9 Å². The van der Waals surface area contributed by atoms with Crippen LogP contribution in [0, 0.1) is 0 Å². The molecule has 19 heavy (non-hydrogen) atoms. The van der Waals surface area contributed by atoms with Gasteiger partial charge < -0.3 is 9.64 Å². The Morgan fingerprint density at radius 1 is 1.42 bits per heavy atom. The van der Waals surface area contributed by atoms with E-state index in [1.807, 2.05) is 13.0 Å². The first-order valence-corrected chi connectivity index (χ1v) is 6.84. The molecule has 1 aliphatic rings. The minimum absolute atomic E-state index is 0.0542. The number of fused-ring (bicyclic) bond motifs is 1. The Balaban J connectivity index is 2.50. The minimum atomic E-state index is -0.270. The van der Waals surface area contributed by atoms with Gasteiger partial charge in [-0.2, -0.15) is 0 Å². The van der Waals surface area contributed by atoms with Gasteiger partial charge in [-0.05, 0) is 44.7 Å². The fraction of sp³-hybridized carbons (Fsp3) is 0.562. The molecule has 2 rings (SSSR count). The van der Waals surface area contributed by atoms with Crippen molar-refractivity contribution in [1.29, 1.82) is 0 Å². The van der Waals surface area contributed by atoms with E-state index in [1.54, 1.807) is 0 Å². The molecule has 3 nitrogen and oxygen atoms in total. The van der Waals surface area contributed by atoms with Crippen molar-refractivity contribution in [3.8, 4) is 0 Å². The van der Waals surface area contributed by atoms with Gasteiger partial charge in [-0.25, -0.2) is 4.79 Å². The summed E-state index contributed by atoms with van der Waals surface area (Å²) in [6, 6.07) is 8.09. The number of benzene rings is 1. The highest BCUT2D eigenvalue weighted by atomic mass is 16.5. The van der Waals surface area contributed by atoms with Gasteiger partial charge in [0.15, 0.2) is 0 Å². The fourth-order valence-electron chi connectivity index (χ4n) is 3.42. The van der Waals surface area contributed by atoms with Gasteiger partial charge >= 0.3 is 5.97 Å². The van der Waals surface area contributed by atoms with E-state index in [0.29, 0.717) is 5.92 Å². The summed E-state index contributed by atoms with van der Waals surface area (Å²) in [5.74, 6) is 0.324. The lowest BCUT2D eigenvalue weighted by atomic mass is 9.79. The summed E-state index contributed by atoms with van der Waals surface area (Å²) in [6.07, 6.45) is 1.03. The van der Waals surface area contributed by atoms with Crippen LogP contribution < -0.4 is 4.90 Å². The summed E-state index contributed by atoms with van der Waals surface area (Å²) in [7, 11) is 1.45. The van der Waals surface area contributed by atoms with E-state index in [1.165, 1.54) is 12.7 Å². The largest absolute Gasteiger partial charge is 0.467 e. The Morgan fingerprint density at radius 3 is 2.68 bits per heavy atom. The molecule has 0 amide bonds. The normalized spacial score (nSPS) is 22.6. The smallest absolute Gasteiger partial charge is 0.328 e. The third-order valence-corrected chi connectivity index (χ3v) is 4.11. The number of methoxy groups -OCH3 is 1. The highest BCUT2D eigenvalue weighted by molar-refractivity contribution is 5.81. The monoisotopic (exact) mass is 261 g/mol. The van der Waals surface area contributed by atoms with E-state index < -0.39 is 0 Å². The van der Waals surface area contributed by atoms with Crippen molar-refractivity contribution in [3.05, 3.63) is 29.8 Å². The van der Waals surface area contributed by atoms with Crippen LogP contribution in [0.15, 0.2) is 24.3 Å². The lowest BCUT2D eigenvalue weighted by Crippen LogP contribution is -2.55. The number of hydrogen-bond donors (Lipinski definition) is 0. The molecule has 1 aromatic rings. The maximum Gasteiger partial charge on any atom is 0.328 e. The second-order valence-electron chi connectivity index (χ2n) is 6.05. The van der Waals surface area contributed by atoms with Crippen molar-refractivity contribution < 1.29 is 9.53 Å². The molecule has 1 aliphatic heterocycles. The fourth-order valence-corrected chi connectivity index (χ4v) is 3.42. The third kappa shape index (κ3) is 2.34. The molecule has 0 saturated heterocycles. The minimum Gasteiger partial charge on any atom is -0.467 e. The van der Waals surface area contributed by atoms with Crippen molar-refractivity contribution in [2.45, 2.75) is 51.6 Å². The third-order valence-electron chi connectivity index (χ3n) is 4.11. The van der Waals surface area contributed by atoms with Crippen LogP contribution in [0.2, 0.25) is 0 Å². The summed E-state index contributed by atoms with van der Waals surface area (Å²) >= 11 is 0. The number of esters is 1. The molecule has 0 radical (unpaired) electrons. The van der Waals surface area contributed by atoms with Gasteiger partial charge in [0, 0.05) is 11.2 Å². The average molecular weight is 261 g/mol. The Bertz CT molecular complexity index is 481. The Labute approximate surface area is 115 Å². The SMILES string of the molecule is COC(=O)[C@@H](C)N1c2ccccc2[C@H](C)CC1(C)C. The molecule has 2 atom stereocenters. The van der Waals surface area contributed by atoms with Crippen molar-refractivity contribution in [2.75, 3.05) is 12.0 Å². The Kier molecular flexibility index (Phi) is 3.57. The highest BCUT2D eigenvalue weighted by Gasteiger charge is 2.40. The van der Waals surface area contributed by atoms with Crippen molar-refractivity contribution in [3.63, 3.8) is 0 Å². The molecule has 0 bridgehead atoms. The number of hydrogen-bond acceptors (Lipinski definition) is 3. The first-order valence-electron chi connectivity index (χ1n) is 6.84. The van der Waals surface area contributed by atoms with Gasteiger partial charge in [-0.3, -0.25) is 0 Å². The van der Waals surface area contributed by atoms with Crippen LogP contribution in [-0.4, -0.2) is 24.7 Å². The zero-order valence-electron chi connectivity index (χ0n) is 12.4. The predicted octanol–water partition coefficient (Wildman–Crippen LogP) is 3.34. The number of nitrogens with zero attached hydrogens (tertiary/aromatic N) is 1. The van der Waals surface area contributed by atoms with E-state index in [9.17, 15) is 4.79 Å². The summed E-state index contributed by atoms with van der Waals surface area (Å²) in [6.45, 7) is 8.55. The Morgan fingerprint density at radius 2 is 2.05 bits per heavy atom. The molecule has 0 N–H and O–H groups in total. The molecular weight excluding hydrogens is 238 g/mol. The summed E-state index contributed by atoms with van der Waals surface area (Å²) in [5, 5.41) is 0. The second kappa shape index (κ2) is 4.87. The topological polar surface area (TPSA) is 29.5 Å². The van der Waals surface area contributed by atoms with Crippen LogP contribution in [0.1, 0.15) is 45.6 Å². The molecule has 0 fully saturated rings. The van der Waals surface area contributed by atoms with Crippen molar-refractivity contribution in [1.82, 2.24) is 0 Å². The highest BCUT2D eigenvalue weighted by Crippen LogP contribution is 2.44.